The molecule has 0 aromatic rings. The Morgan fingerprint density at radius 2 is 1.92 bits per heavy atom. The van der Waals surface area contributed by atoms with Crippen LogP contribution in [0.15, 0.2) is 24.5 Å². The SMILES string of the molecule is C=CC1C(CC=O)C(C(=O)O)=CO[C@H]1O[C@@H]1O[C@H](CO)[C@@H](O)[C@@H](O)[C@H]1O. The summed E-state index contributed by atoms with van der Waals surface area (Å²) in [6.07, 6.45) is -5.86. The minimum absolute atomic E-state index is 0.118. The standard InChI is InChI=1S/C16H22O10/c1-2-7-8(3-4-17)9(14(22)23)6-24-15(7)26-16-13(21)12(20)11(19)10(5-18)25-16/h2,4,6-8,10-13,15-16,18-21H,1,3,5H2,(H,22,23)/t7?,8?,10-,11-,12-,13-,15+,16+/m1/s1. The third-order valence-corrected chi connectivity index (χ3v) is 4.49. The lowest BCUT2D eigenvalue weighted by Gasteiger charge is -2.42. The molecule has 10 nitrogen and oxygen atoms in total. The summed E-state index contributed by atoms with van der Waals surface area (Å²) in [5.74, 6) is -2.79. The van der Waals surface area contributed by atoms with E-state index >= 15 is 0 Å². The highest BCUT2D eigenvalue weighted by Gasteiger charge is 2.47. The maximum Gasteiger partial charge on any atom is 0.335 e. The van der Waals surface area contributed by atoms with Gasteiger partial charge in [-0.05, 0) is 0 Å². The number of hydrogen-bond donors (Lipinski definition) is 5. The van der Waals surface area contributed by atoms with Crippen molar-refractivity contribution in [3.63, 3.8) is 0 Å². The van der Waals surface area contributed by atoms with Gasteiger partial charge in [0.1, 0.15) is 30.7 Å². The fraction of sp³-hybridized carbons (Fsp3) is 0.625. The maximum atomic E-state index is 11.3. The van der Waals surface area contributed by atoms with Crippen LogP contribution in [0.5, 0.6) is 0 Å². The number of carboxylic acids is 1. The molecule has 8 atom stereocenters. The second kappa shape index (κ2) is 8.71. The van der Waals surface area contributed by atoms with Crippen LogP contribution < -0.4 is 0 Å². The first-order valence-electron chi connectivity index (χ1n) is 7.96. The largest absolute Gasteiger partial charge is 0.478 e. The highest BCUT2D eigenvalue weighted by molar-refractivity contribution is 5.87. The Labute approximate surface area is 148 Å². The molecule has 0 aromatic heterocycles. The molecule has 1 fully saturated rings. The number of ether oxygens (including phenoxy) is 3. The third-order valence-electron chi connectivity index (χ3n) is 4.49. The number of aliphatic hydroxyl groups excluding tert-OH is 4. The fourth-order valence-corrected chi connectivity index (χ4v) is 3.02. The van der Waals surface area contributed by atoms with Crippen LogP contribution in [0.4, 0.5) is 0 Å². The van der Waals surface area contributed by atoms with Crippen LogP contribution in [0.3, 0.4) is 0 Å². The van der Waals surface area contributed by atoms with E-state index in [4.69, 9.17) is 14.2 Å². The summed E-state index contributed by atoms with van der Waals surface area (Å²) in [5.41, 5.74) is -0.129. The van der Waals surface area contributed by atoms with Crippen molar-refractivity contribution in [2.45, 2.75) is 43.4 Å². The van der Waals surface area contributed by atoms with Crippen molar-refractivity contribution in [2.24, 2.45) is 11.8 Å². The summed E-state index contributed by atoms with van der Waals surface area (Å²) in [6.45, 7) is 2.98. The number of aliphatic hydroxyl groups is 4. The molecule has 1 saturated heterocycles. The number of carboxylic acid groups (broad SMARTS) is 1. The Kier molecular flexibility index (Phi) is 6.87. The van der Waals surface area contributed by atoms with Gasteiger partial charge >= 0.3 is 5.97 Å². The third kappa shape index (κ3) is 3.95. The normalized spacial score (nSPS) is 40.2. The van der Waals surface area contributed by atoms with Crippen molar-refractivity contribution < 1.29 is 49.3 Å². The molecule has 2 aliphatic heterocycles. The van der Waals surface area contributed by atoms with Gasteiger partial charge in [-0.1, -0.05) is 6.08 Å². The molecule has 0 aromatic carbocycles. The Bertz CT molecular complexity index is 559. The van der Waals surface area contributed by atoms with Crippen molar-refractivity contribution >= 4 is 12.3 Å². The molecule has 0 bridgehead atoms. The number of hydrogen-bond acceptors (Lipinski definition) is 9. The Morgan fingerprint density at radius 3 is 2.46 bits per heavy atom. The highest BCUT2D eigenvalue weighted by Crippen LogP contribution is 2.36. The van der Waals surface area contributed by atoms with Gasteiger partial charge in [-0.2, -0.15) is 0 Å². The summed E-state index contributed by atoms with van der Waals surface area (Å²) in [4.78, 5) is 22.2. The average Bonchev–Trinajstić information content (AvgIpc) is 2.62. The van der Waals surface area contributed by atoms with Gasteiger partial charge < -0.3 is 44.5 Å². The van der Waals surface area contributed by atoms with E-state index in [0.717, 1.165) is 6.26 Å². The fourth-order valence-electron chi connectivity index (χ4n) is 3.02. The van der Waals surface area contributed by atoms with Gasteiger partial charge in [-0.15, -0.1) is 6.58 Å². The first kappa shape index (κ1) is 20.5. The summed E-state index contributed by atoms with van der Waals surface area (Å²) < 4.78 is 16.0. The molecule has 2 rings (SSSR count). The zero-order chi connectivity index (χ0) is 19.4. The van der Waals surface area contributed by atoms with Gasteiger partial charge in [0, 0.05) is 18.3 Å². The Balaban J connectivity index is 2.20. The Hall–Kier alpha value is -1.82. The minimum atomic E-state index is -1.64. The van der Waals surface area contributed by atoms with E-state index in [1.807, 2.05) is 0 Å². The van der Waals surface area contributed by atoms with E-state index in [0.29, 0.717) is 6.29 Å². The molecular weight excluding hydrogens is 352 g/mol. The molecule has 10 heteroatoms. The predicted octanol–water partition coefficient (Wildman–Crippen LogP) is -1.86. The molecule has 0 aliphatic carbocycles. The number of aldehydes is 1. The molecule has 0 spiro atoms. The summed E-state index contributed by atoms with van der Waals surface area (Å²) in [6, 6.07) is 0. The number of rotatable bonds is 7. The zero-order valence-electron chi connectivity index (χ0n) is 13.7. The molecule has 2 heterocycles. The van der Waals surface area contributed by atoms with Gasteiger partial charge in [-0.3, -0.25) is 0 Å². The highest BCUT2D eigenvalue weighted by atomic mass is 16.8. The lowest BCUT2D eigenvalue weighted by atomic mass is 9.82. The van der Waals surface area contributed by atoms with Gasteiger partial charge in [0.05, 0.1) is 18.4 Å². The van der Waals surface area contributed by atoms with Crippen LogP contribution in [0.25, 0.3) is 0 Å². The van der Waals surface area contributed by atoms with Gasteiger partial charge in [0.15, 0.2) is 6.29 Å². The Morgan fingerprint density at radius 1 is 1.23 bits per heavy atom. The lowest BCUT2D eigenvalue weighted by Crippen LogP contribution is -2.60. The van der Waals surface area contributed by atoms with E-state index in [9.17, 15) is 35.1 Å². The molecule has 2 aliphatic rings. The number of carbonyl (C=O) groups is 2. The summed E-state index contributed by atoms with van der Waals surface area (Å²) in [7, 11) is 0. The van der Waals surface area contributed by atoms with Crippen LogP contribution in [0, 0.1) is 11.8 Å². The average molecular weight is 374 g/mol. The van der Waals surface area contributed by atoms with Gasteiger partial charge in [-0.25, -0.2) is 4.79 Å². The second-order valence-corrected chi connectivity index (χ2v) is 6.04. The summed E-state index contributed by atoms with van der Waals surface area (Å²) >= 11 is 0. The van der Waals surface area contributed by atoms with Crippen molar-refractivity contribution in [2.75, 3.05) is 6.61 Å². The van der Waals surface area contributed by atoms with E-state index < -0.39 is 61.4 Å². The van der Waals surface area contributed by atoms with Crippen LogP contribution in [-0.2, 0) is 23.8 Å². The molecule has 0 amide bonds. The smallest absolute Gasteiger partial charge is 0.335 e. The molecular formula is C16H22O10. The van der Waals surface area contributed by atoms with Crippen LogP contribution >= 0.6 is 0 Å². The zero-order valence-corrected chi connectivity index (χ0v) is 13.7. The van der Waals surface area contributed by atoms with Crippen LogP contribution in [0.1, 0.15) is 6.42 Å². The molecule has 2 unspecified atom stereocenters. The van der Waals surface area contributed by atoms with E-state index in [2.05, 4.69) is 6.58 Å². The van der Waals surface area contributed by atoms with E-state index in [1.165, 1.54) is 6.08 Å². The van der Waals surface area contributed by atoms with Crippen LogP contribution in [-0.4, -0.2) is 81.4 Å². The van der Waals surface area contributed by atoms with Crippen molar-refractivity contribution in [1.82, 2.24) is 0 Å². The molecule has 5 N–H and O–H groups in total. The van der Waals surface area contributed by atoms with Crippen molar-refractivity contribution in [3.8, 4) is 0 Å². The van der Waals surface area contributed by atoms with Crippen molar-refractivity contribution in [3.05, 3.63) is 24.5 Å². The first-order chi connectivity index (χ1) is 12.3. The van der Waals surface area contributed by atoms with E-state index in [-0.39, 0.29) is 12.0 Å². The summed E-state index contributed by atoms with van der Waals surface area (Å²) in [5, 5.41) is 48.0. The molecule has 0 radical (unpaired) electrons. The first-order valence-corrected chi connectivity index (χ1v) is 7.96. The van der Waals surface area contributed by atoms with Crippen LogP contribution in [0.2, 0.25) is 0 Å². The van der Waals surface area contributed by atoms with Gasteiger partial charge in [0.25, 0.3) is 0 Å². The topological polar surface area (TPSA) is 163 Å². The minimum Gasteiger partial charge on any atom is -0.478 e. The number of carbonyl (C=O) groups excluding carboxylic acids is 1. The van der Waals surface area contributed by atoms with Gasteiger partial charge in [0.2, 0.25) is 6.29 Å². The lowest BCUT2D eigenvalue weighted by molar-refractivity contribution is -0.339. The maximum absolute atomic E-state index is 11.3. The predicted molar refractivity (Wildman–Crippen MR) is 83.3 cm³/mol. The molecule has 146 valence electrons. The second-order valence-electron chi connectivity index (χ2n) is 6.04. The van der Waals surface area contributed by atoms with Crippen molar-refractivity contribution in [1.29, 1.82) is 0 Å². The molecule has 0 saturated carbocycles. The molecule has 26 heavy (non-hydrogen) atoms. The number of aliphatic carboxylic acids is 1. The quantitative estimate of drug-likeness (QED) is 0.252. The monoisotopic (exact) mass is 374 g/mol. The van der Waals surface area contributed by atoms with E-state index in [1.54, 1.807) is 0 Å².